The minimum absolute atomic E-state index is 0.0673. The van der Waals surface area contributed by atoms with Crippen molar-refractivity contribution in [2.75, 3.05) is 32.1 Å². The van der Waals surface area contributed by atoms with E-state index < -0.39 is 0 Å². The van der Waals surface area contributed by atoms with Crippen molar-refractivity contribution in [2.45, 2.75) is 44.8 Å². The number of hydrogen-bond acceptors (Lipinski definition) is 4. The van der Waals surface area contributed by atoms with Crippen molar-refractivity contribution in [1.82, 2.24) is 19.4 Å². The van der Waals surface area contributed by atoms with Gasteiger partial charge in [0.2, 0.25) is 0 Å². The molecule has 0 radical (unpaired) electrons. The lowest BCUT2D eigenvalue weighted by Crippen LogP contribution is -2.41. The van der Waals surface area contributed by atoms with E-state index >= 15 is 0 Å². The number of hydrogen-bond donors (Lipinski definition) is 0. The molecule has 3 heterocycles. The molecule has 2 aliphatic rings. The zero-order valence-corrected chi connectivity index (χ0v) is 26.0. The molecule has 0 spiro atoms. The van der Waals surface area contributed by atoms with Crippen molar-refractivity contribution in [3.05, 3.63) is 120 Å². The lowest BCUT2D eigenvalue weighted by atomic mass is 10.0. The number of anilines is 1. The van der Waals surface area contributed by atoms with Crippen molar-refractivity contribution in [3.8, 4) is 11.1 Å². The van der Waals surface area contributed by atoms with Crippen molar-refractivity contribution >= 4 is 28.4 Å². The Morgan fingerprint density at radius 1 is 0.800 bits per heavy atom. The van der Waals surface area contributed by atoms with Crippen molar-refractivity contribution in [2.24, 2.45) is 0 Å². The predicted molar refractivity (Wildman–Crippen MR) is 179 cm³/mol. The summed E-state index contributed by atoms with van der Waals surface area (Å²) in [7, 11) is 3.65. The van der Waals surface area contributed by atoms with Crippen LogP contribution in [-0.4, -0.2) is 64.4 Å². The smallest absolute Gasteiger partial charge is 0.274 e. The highest BCUT2D eigenvalue weighted by molar-refractivity contribution is 6.15. The van der Waals surface area contributed by atoms with Crippen LogP contribution in [0.3, 0.4) is 0 Å². The summed E-state index contributed by atoms with van der Waals surface area (Å²) in [6, 6.07) is 33.0. The third kappa shape index (κ3) is 5.64. The second-order valence-corrected chi connectivity index (χ2v) is 12.4. The average Bonchev–Trinajstić information content (AvgIpc) is 3.72. The molecule has 1 unspecified atom stereocenters. The number of likely N-dealkylation sites (tertiary alicyclic amines) is 1. The number of nitrogens with zero attached hydrogens (tertiary/aromatic N) is 5. The van der Waals surface area contributed by atoms with E-state index in [2.05, 4.69) is 58.0 Å². The summed E-state index contributed by atoms with van der Waals surface area (Å²) in [5.41, 5.74) is 4.84. The number of aryl methyl sites for hydroxylation is 1. The van der Waals surface area contributed by atoms with Crippen LogP contribution < -0.4 is 4.90 Å². The molecule has 1 fully saturated rings. The number of benzene rings is 4. The lowest BCUT2D eigenvalue weighted by Gasteiger charge is -2.27. The molecule has 4 aromatic carbocycles. The number of likely N-dealkylation sites (N-methyl/N-ethyl adjacent to an activating group) is 1. The molecule has 2 amide bonds. The van der Waals surface area contributed by atoms with Gasteiger partial charge in [-0.05, 0) is 52.8 Å². The molecule has 1 saturated heterocycles. The molecule has 0 N–H and O–H groups in total. The maximum Gasteiger partial charge on any atom is 0.274 e. The highest BCUT2D eigenvalue weighted by Crippen LogP contribution is 2.30. The Morgan fingerprint density at radius 3 is 2.36 bits per heavy atom. The van der Waals surface area contributed by atoms with Gasteiger partial charge in [0, 0.05) is 58.3 Å². The van der Waals surface area contributed by atoms with E-state index in [4.69, 9.17) is 4.98 Å². The van der Waals surface area contributed by atoms with Crippen LogP contribution in [0, 0.1) is 0 Å². The van der Waals surface area contributed by atoms with Crippen LogP contribution in [-0.2, 0) is 19.5 Å². The Morgan fingerprint density at radius 2 is 1.53 bits per heavy atom. The normalized spacial score (nSPS) is 16.4. The first-order valence-electron chi connectivity index (χ1n) is 16.0. The standard InChI is InChI=1S/C38H39N5O2/c1-40(31-22-24-42(26-31)25-27-18-20-29(21-19-27)28-11-4-3-5-12-28)38(45)35-36(39-34-17-8-9-23-43(34)35)41(2)37(44)33-16-10-14-30-13-6-7-15-32(30)33/h3-7,10-16,18-21,31H,8-9,17,22-26H2,1-2H3. The molecule has 7 heteroatoms. The minimum Gasteiger partial charge on any atom is -0.336 e. The fraction of sp³-hybridized carbons (Fsp3) is 0.289. The van der Waals surface area contributed by atoms with Gasteiger partial charge in [0.25, 0.3) is 11.8 Å². The number of fused-ring (bicyclic) bond motifs is 2. The molecule has 0 bridgehead atoms. The summed E-state index contributed by atoms with van der Waals surface area (Å²) >= 11 is 0. The first-order chi connectivity index (χ1) is 22.0. The van der Waals surface area contributed by atoms with Gasteiger partial charge in [0.05, 0.1) is 0 Å². The van der Waals surface area contributed by atoms with Gasteiger partial charge in [-0.3, -0.25) is 19.4 Å². The van der Waals surface area contributed by atoms with Gasteiger partial charge in [0.15, 0.2) is 11.5 Å². The summed E-state index contributed by atoms with van der Waals surface area (Å²) < 4.78 is 2.06. The second-order valence-electron chi connectivity index (χ2n) is 12.4. The van der Waals surface area contributed by atoms with Crippen LogP contribution in [0.1, 0.15) is 51.5 Å². The fourth-order valence-electron chi connectivity index (χ4n) is 6.90. The van der Waals surface area contributed by atoms with Crippen LogP contribution in [0.25, 0.3) is 21.9 Å². The van der Waals surface area contributed by atoms with Crippen molar-refractivity contribution in [1.29, 1.82) is 0 Å². The number of aromatic nitrogens is 2. The Bertz CT molecular complexity index is 1840. The molecule has 1 atom stereocenters. The first-order valence-corrected chi connectivity index (χ1v) is 16.0. The van der Waals surface area contributed by atoms with Gasteiger partial charge in [-0.25, -0.2) is 4.98 Å². The topological polar surface area (TPSA) is 61.7 Å². The monoisotopic (exact) mass is 597 g/mol. The van der Waals surface area contributed by atoms with Gasteiger partial charge in [-0.15, -0.1) is 0 Å². The molecule has 7 nitrogen and oxygen atoms in total. The molecule has 0 aliphatic carbocycles. The molecule has 45 heavy (non-hydrogen) atoms. The Labute approximate surface area is 264 Å². The zero-order valence-electron chi connectivity index (χ0n) is 26.0. The Balaban J connectivity index is 1.09. The fourth-order valence-corrected chi connectivity index (χ4v) is 6.90. The number of imidazole rings is 1. The number of rotatable bonds is 7. The quantitative estimate of drug-likeness (QED) is 0.211. The van der Waals surface area contributed by atoms with Gasteiger partial charge in [-0.1, -0.05) is 91.0 Å². The summed E-state index contributed by atoms with van der Waals surface area (Å²) in [6.07, 6.45) is 3.74. The second kappa shape index (κ2) is 12.3. The first kappa shape index (κ1) is 29.0. The number of carbonyl (C=O) groups is 2. The number of amides is 2. The summed E-state index contributed by atoms with van der Waals surface area (Å²) in [5, 5.41) is 1.90. The molecule has 228 valence electrons. The third-order valence-electron chi connectivity index (χ3n) is 9.49. The minimum atomic E-state index is -0.163. The maximum atomic E-state index is 14.3. The SMILES string of the molecule is CN(C(=O)c1cccc2ccccc12)c1nc2n(c1C(=O)N(C)C1CCN(Cc3ccc(-c4ccccc4)cc3)C1)CCCC2. The van der Waals surface area contributed by atoms with E-state index in [0.717, 1.165) is 68.5 Å². The van der Waals surface area contributed by atoms with E-state index in [-0.39, 0.29) is 17.9 Å². The molecule has 7 rings (SSSR count). The molecule has 2 aliphatic heterocycles. The maximum absolute atomic E-state index is 14.3. The Hall–Kier alpha value is -4.75. The van der Waals surface area contributed by atoms with Gasteiger partial charge < -0.3 is 9.47 Å². The molecule has 5 aromatic rings. The summed E-state index contributed by atoms with van der Waals surface area (Å²) in [5.74, 6) is 1.11. The highest BCUT2D eigenvalue weighted by Gasteiger charge is 2.35. The summed E-state index contributed by atoms with van der Waals surface area (Å²) in [4.78, 5) is 39.0. The van der Waals surface area contributed by atoms with Gasteiger partial charge in [-0.2, -0.15) is 0 Å². The molecule has 1 aromatic heterocycles. The van der Waals surface area contributed by atoms with Crippen LogP contribution in [0.4, 0.5) is 5.82 Å². The predicted octanol–water partition coefficient (Wildman–Crippen LogP) is 6.66. The van der Waals surface area contributed by atoms with E-state index in [1.54, 1.807) is 11.9 Å². The van der Waals surface area contributed by atoms with Gasteiger partial charge in [0.1, 0.15) is 5.82 Å². The molecular formula is C38H39N5O2. The Kier molecular flexibility index (Phi) is 7.94. The molecular weight excluding hydrogens is 558 g/mol. The number of carbonyl (C=O) groups excluding carboxylic acids is 2. The van der Waals surface area contributed by atoms with Crippen LogP contribution >= 0.6 is 0 Å². The van der Waals surface area contributed by atoms with Crippen molar-refractivity contribution in [3.63, 3.8) is 0 Å². The highest BCUT2D eigenvalue weighted by atomic mass is 16.2. The van der Waals surface area contributed by atoms with E-state index in [9.17, 15) is 9.59 Å². The van der Waals surface area contributed by atoms with E-state index in [1.807, 2.05) is 60.5 Å². The van der Waals surface area contributed by atoms with E-state index in [1.165, 1.54) is 16.7 Å². The molecule has 0 saturated carbocycles. The third-order valence-corrected chi connectivity index (χ3v) is 9.49. The largest absolute Gasteiger partial charge is 0.336 e. The van der Waals surface area contributed by atoms with Crippen LogP contribution in [0.15, 0.2) is 97.1 Å². The average molecular weight is 598 g/mol. The van der Waals surface area contributed by atoms with Crippen LogP contribution in [0.2, 0.25) is 0 Å². The lowest BCUT2D eigenvalue weighted by molar-refractivity contribution is 0.0723. The van der Waals surface area contributed by atoms with Crippen molar-refractivity contribution < 1.29 is 9.59 Å². The summed E-state index contributed by atoms with van der Waals surface area (Å²) in [6.45, 7) is 3.33. The van der Waals surface area contributed by atoms with Gasteiger partial charge >= 0.3 is 0 Å². The van der Waals surface area contributed by atoms with E-state index in [0.29, 0.717) is 17.1 Å². The van der Waals surface area contributed by atoms with Crippen LogP contribution in [0.5, 0.6) is 0 Å². The zero-order chi connectivity index (χ0) is 30.9.